The molecule has 0 nitrogen and oxygen atoms in total. The number of fused-ring (bicyclic) bond motifs is 3. The van der Waals surface area contributed by atoms with Crippen LogP contribution in [0.15, 0.2) is 60.2 Å². The van der Waals surface area contributed by atoms with Gasteiger partial charge in [0.15, 0.2) is 0 Å². The van der Waals surface area contributed by atoms with Crippen LogP contribution in [0.1, 0.15) is 59.1 Å². The van der Waals surface area contributed by atoms with E-state index in [-0.39, 0.29) is 24.8 Å². The molecular weight excluding hydrogens is 486 g/mol. The summed E-state index contributed by atoms with van der Waals surface area (Å²) in [5, 5.41) is 0. The molecule has 4 rings (SSSR count). The molecule has 0 amide bonds. The van der Waals surface area contributed by atoms with E-state index in [4.69, 9.17) is 0 Å². The third-order valence-electron chi connectivity index (χ3n) is 4.76. The van der Waals surface area contributed by atoms with Gasteiger partial charge in [0.1, 0.15) is 0 Å². The molecule has 2 aromatic carbocycles. The van der Waals surface area contributed by atoms with Gasteiger partial charge in [-0.1, -0.05) is 80.8 Å². The van der Waals surface area contributed by atoms with Gasteiger partial charge in [-0.15, -0.1) is 5.56 Å². The summed E-state index contributed by atoms with van der Waals surface area (Å²) in [6.07, 6.45) is 10.1. The van der Waals surface area contributed by atoms with E-state index in [0.717, 1.165) is 6.42 Å². The van der Waals surface area contributed by atoms with Crippen LogP contribution in [-0.2, 0) is 30.7 Å². The summed E-state index contributed by atoms with van der Waals surface area (Å²) in [5.74, 6) is 0.573. The van der Waals surface area contributed by atoms with Crippen LogP contribution in [-0.4, -0.2) is 3.21 Å². The van der Waals surface area contributed by atoms with Gasteiger partial charge in [0, 0.05) is 0 Å². The zero-order chi connectivity index (χ0) is 20.7. The first-order valence-corrected chi connectivity index (χ1v) is 11.4. The van der Waals surface area contributed by atoms with Crippen LogP contribution in [0.4, 0.5) is 0 Å². The number of benzene rings is 2. The first-order chi connectivity index (χ1) is 13.2. The quantitative estimate of drug-likeness (QED) is 0.425. The Balaban J connectivity index is 0.000000457. The fourth-order valence-corrected chi connectivity index (χ4v) is 3.21. The van der Waals surface area contributed by atoms with E-state index in [1.54, 1.807) is 24.2 Å². The summed E-state index contributed by atoms with van der Waals surface area (Å²) in [7, 11) is 0. The molecule has 0 aromatic heterocycles. The molecule has 1 atom stereocenters. The van der Waals surface area contributed by atoms with Crippen molar-refractivity contribution in [3.05, 3.63) is 83.5 Å². The summed E-state index contributed by atoms with van der Waals surface area (Å²) in [4.78, 5) is 0. The van der Waals surface area contributed by atoms with E-state index in [9.17, 15) is 0 Å². The van der Waals surface area contributed by atoms with Crippen molar-refractivity contribution in [2.24, 2.45) is 11.3 Å². The second-order valence-corrected chi connectivity index (χ2v) is 11.1. The Morgan fingerprint density at radius 2 is 1.63 bits per heavy atom. The third-order valence-corrected chi connectivity index (χ3v) is 4.76. The Morgan fingerprint density at radius 3 is 2.17 bits per heavy atom. The SMILES string of the molecule is CCC1[C-]=CC(C(C)(C)C)=C1.C[C](C)=[Zr+2].[Cl-].[Cl-].[c-]1cccc2c1Cc1ccccc1-2. The van der Waals surface area contributed by atoms with Crippen molar-refractivity contribution in [3.8, 4) is 11.1 Å². The van der Waals surface area contributed by atoms with Crippen LogP contribution in [0.3, 0.4) is 0 Å². The molecule has 2 aromatic rings. The molecule has 0 saturated heterocycles. The molecule has 0 aliphatic heterocycles. The van der Waals surface area contributed by atoms with Gasteiger partial charge in [-0.25, -0.2) is 6.08 Å². The third kappa shape index (κ3) is 8.78. The van der Waals surface area contributed by atoms with Crippen molar-refractivity contribution in [2.45, 2.75) is 54.4 Å². The summed E-state index contributed by atoms with van der Waals surface area (Å²) in [6, 6.07) is 18.1. The Labute approximate surface area is 211 Å². The van der Waals surface area contributed by atoms with Gasteiger partial charge >= 0.3 is 41.3 Å². The van der Waals surface area contributed by atoms with Crippen LogP contribution < -0.4 is 24.8 Å². The van der Waals surface area contributed by atoms with Gasteiger partial charge in [-0.2, -0.15) is 41.5 Å². The standard InChI is InChI=1S/C13H9.C11H17.C3H6.2ClH.Zr/c1-3-7-12-10(5-1)9-11-6-2-4-8-13(11)12;1-5-9-6-7-10(8-9)11(2,3)4;1-3-2;;;/h1-5,7-8H,9H2;7-9H,5H2,1-4H3;1-2H3;2*1H;/q2*-1;;;;+2/p-2. The van der Waals surface area contributed by atoms with Crippen molar-refractivity contribution in [1.29, 1.82) is 0 Å². The molecule has 0 N–H and O–H groups in total. The molecule has 0 spiro atoms. The number of halogens is 2. The molecule has 160 valence electrons. The smallest absolute Gasteiger partial charge is 0.0253 e. The van der Waals surface area contributed by atoms with Crippen LogP contribution >= 0.6 is 0 Å². The molecular formula is C27H32Cl2Zr-2. The molecule has 0 heterocycles. The first kappa shape index (κ1) is 29.3. The van der Waals surface area contributed by atoms with Crippen molar-refractivity contribution >= 4 is 3.21 Å². The van der Waals surface area contributed by atoms with Gasteiger partial charge < -0.3 is 24.8 Å². The summed E-state index contributed by atoms with van der Waals surface area (Å²) in [5.41, 5.74) is 7.25. The van der Waals surface area contributed by atoms with Crippen LogP contribution in [0.25, 0.3) is 11.1 Å². The number of rotatable bonds is 1. The molecule has 2 aliphatic carbocycles. The summed E-state index contributed by atoms with van der Waals surface area (Å²) < 4.78 is 1.51. The number of hydrogen-bond donors (Lipinski definition) is 0. The van der Waals surface area contributed by atoms with Gasteiger partial charge in [-0.05, 0) is 6.42 Å². The normalized spacial score (nSPS) is 15.1. The Morgan fingerprint density at radius 1 is 1.03 bits per heavy atom. The van der Waals surface area contributed by atoms with Crippen molar-refractivity contribution in [2.75, 3.05) is 0 Å². The van der Waals surface area contributed by atoms with Crippen LogP contribution in [0.2, 0.25) is 0 Å². The van der Waals surface area contributed by atoms with Crippen molar-refractivity contribution in [3.63, 3.8) is 0 Å². The molecule has 3 heteroatoms. The van der Waals surface area contributed by atoms with Gasteiger partial charge in [0.2, 0.25) is 0 Å². The monoisotopic (exact) mass is 516 g/mol. The fraction of sp³-hybridized carbons (Fsp3) is 0.370. The van der Waals surface area contributed by atoms with E-state index in [2.05, 4.69) is 102 Å². The van der Waals surface area contributed by atoms with Crippen LogP contribution in [0, 0.1) is 23.5 Å². The second-order valence-electron chi connectivity index (χ2n) is 8.59. The minimum Gasteiger partial charge on any atom is -1.00 e. The fourth-order valence-electron chi connectivity index (χ4n) is 3.21. The summed E-state index contributed by atoms with van der Waals surface area (Å²) in [6.45, 7) is 13.2. The second kappa shape index (κ2) is 13.6. The average Bonchev–Trinajstić information content (AvgIpc) is 3.26. The molecule has 30 heavy (non-hydrogen) atoms. The molecule has 0 bridgehead atoms. The predicted octanol–water partition coefficient (Wildman–Crippen LogP) is 1.17. The largest absolute Gasteiger partial charge is 1.00 e. The molecule has 0 fully saturated rings. The number of allylic oxidation sites excluding steroid dienone is 4. The maximum atomic E-state index is 3.35. The van der Waals surface area contributed by atoms with Gasteiger partial charge in [0.05, 0.1) is 0 Å². The Hall–Kier alpha value is -0.747. The number of hydrogen-bond acceptors (Lipinski definition) is 0. The molecule has 0 radical (unpaired) electrons. The molecule has 0 saturated carbocycles. The minimum absolute atomic E-state index is 0. The Bertz CT molecular complexity index is 825. The topological polar surface area (TPSA) is 0 Å². The first-order valence-electron chi connectivity index (χ1n) is 10.1. The van der Waals surface area contributed by atoms with Crippen molar-refractivity contribution < 1.29 is 49.0 Å². The van der Waals surface area contributed by atoms with E-state index in [1.165, 1.54) is 37.5 Å². The average molecular weight is 519 g/mol. The van der Waals surface area contributed by atoms with E-state index < -0.39 is 0 Å². The van der Waals surface area contributed by atoms with Crippen molar-refractivity contribution in [1.82, 2.24) is 0 Å². The van der Waals surface area contributed by atoms with E-state index in [0.29, 0.717) is 11.3 Å². The zero-order valence-electron chi connectivity index (χ0n) is 18.9. The predicted molar refractivity (Wildman–Crippen MR) is 119 cm³/mol. The summed E-state index contributed by atoms with van der Waals surface area (Å²) >= 11 is 1.55. The van der Waals surface area contributed by atoms with E-state index >= 15 is 0 Å². The van der Waals surface area contributed by atoms with Gasteiger partial charge in [0.25, 0.3) is 0 Å². The zero-order valence-corrected chi connectivity index (χ0v) is 22.9. The molecule has 2 aliphatic rings. The van der Waals surface area contributed by atoms with E-state index in [1.807, 2.05) is 6.07 Å². The van der Waals surface area contributed by atoms with Crippen LogP contribution in [0.5, 0.6) is 0 Å². The maximum Gasteiger partial charge on any atom is -0.0253 e. The Kier molecular flexibility index (Phi) is 13.3. The minimum atomic E-state index is 0. The molecule has 1 unspecified atom stereocenters. The van der Waals surface area contributed by atoms with Gasteiger partial charge in [-0.3, -0.25) is 6.08 Å². The maximum absolute atomic E-state index is 3.35.